The fraction of sp³-hybridized carbons (Fsp3) is 0.222. The topological polar surface area (TPSA) is 107 Å². The van der Waals surface area contributed by atoms with E-state index in [2.05, 4.69) is 15.0 Å². The van der Waals surface area contributed by atoms with Crippen LogP contribution in [-0.4, -0.2) is 40.1 Å². The van der Waals surface area contributed by atoms with E-state index in [1.165, 1.54) is 30.6 Å². The molecule has 0 bridgehead atoms. The Labute approximate surface area is 166 Å². The number of nitrogens with one attached hydrogen (secondary N) is 2. The molecule has 0 fully saturated rings. The largest absolute Gasteiger partial charge is 0.497 e. The second-order valence-electron chi connectivity index (χ2n) is 5.72. The maximum atomic E-state index is 12.2. The lowest BCUT2D eigenvalue weighted by atomic mass is 10.3. The molecule has 1 amide bonds. The molecule has 0 aliphatic carbocycles. The summed E-state index contributed by atoms with van der Waals surface area (Å²) in [7, 11) is -0.611. The van der Waals surface area contributed by atoms with Crippen LogP contribution in [0, 0.1) is 0 Å². The van der Waals surface area contributed by atoms with Gasteiger partial charge in [-0.3, -0.25) is 4.79 Å². The van der Waals surface area contributed by atoms with Gasteiger partial charge >= 0.3 is 0 Å². The summed E-state index contributed by atoms with van der Waals surface area (Å²) in [6.07, 6.45) is -0.0192. The van der Waals surface area contributed by atoms with E-state index in [9.17, 15) is 13.2 Å². The van der Waals surface area contributed by atoms with E-state index in [0.717, 1.165) is 10.2 Å². The first-order chi connectivity index (χ1) is 13.4. The van der Waals surface area contributed by atoms with Gasteiger partial charge in [-0.2, -0.15) is 0 Å². The number of methoxy groups -OCH3 is 2. The van der Waals surface area contributed by atoms with Crippen molar-refractivity contribution >= 4 is 42.6 Å². The number of nitrogens with zero attached hydrogens (tertiary/aromatic N) is 1. The Hall–Kier alpha value is -2.69. The van der Waals surface area contributed by atoms with E-state index < -0.39 is 10.0 Å². The van der Waals surface area contributed by atoms with Crippen LogP contribution in [0.4, 0.5) is 5.13 Å². The summed E-state index contributed by atoms with van der Waals surface area (Å²) in [6.45, 7) is -0.0289. The highest BCUT2D eigenvalue weighted by Crippen LogP contribution is 2.29. The van der Waals surface area contributed by atoms with Gasteiger partial charge in [-0.15, -0.1) is 0 Å². The number of aromatic nitrogens is 1. The molecule has 0 aliphatic heterocycles. The molecule has 8 nitrogen and oxygen atoms in total. The molecule has 10 heteroatoms. The highest BCUT2D eigenvalue weighted by molar-refractivity contribution is 7.89. The predicted molar refractivity (Wildman–Crippen MR) is 108 cm³/mol. The zero-order valence-electron chi connectivity index (χ0n) is 15.3. The molecule has 0 atom stereocenters. The molecule has 2 N–H and O–H groups in total. The van der Waals surface area contributed by atoms with Crippen molar-refractivity contribution in [1.29, 1.82) is 0 Å². The summed E-state index contributed by atoms with van der Waals surface area (Å²) in [5.41, 5.74) is 0.751. The molecule has 1 heterocycles. The number of carbonyl (C=O) groups excluding carboxylic acids is 1. The molecular weight excluding hydrogens is 402 g/mol. The number of sulfonamides is 1. The Balaban J connectivity index is 1.55. The van der Waals surface area contributed by atoms with Crippen LogP contribution < -0.4 is 19.5 Å². The van der Waals surface area contributed by atoms with Crippen LogP contribution in [0.5, 0.6) is 11.5 Å². The quantitative estimate of drug-likeness (QED) is 0.579. The minimum absolute atomic E-state index is 0.0192. The summed E-state index contributed by atoms with van der Waals surface area (Å²) in [4.78, 5) is 16.5. The van der Waals surface area contributed by atoms with E-state index in [4.69, 9.17) is 9.47 Å². The van der Waals surface area contributed by atoms with Crippen molar-refractivity contribution < 1.29 is 22.7 Å². The highest BCUT2D eigenvalue weighted by Gasteiger charge is 2.15. The molecule has 1 aromatic heterocycles. The highest BCUT2D eigenvalue weighted by atomic mass is 32.2. The first-order valence-electron chi connectivity index (χ1n) is 8.29. The third-order valence-electron chi connectivity index (χ3n) is 3.86. The van der Waals surface area contributed by atoms with Crippen molar-refractivity contribution in [3.05, 3.63) is 42.5 Å². The molecule has 28 heavy (non-hydrogen) atoms. The van der Waals surface area contributed by atoms with Crippen molar-refractivity contribution in [3.63, 3.8) is 0 Å². The molecule has 0 aliphatic rings. The molecule has 2 aromatic carbocycles. The second-order valence-corrected chi connectivity index (χ2v) is 8.52. The molecule has 0 saturated carbocycles. The Morgan fingerprint density at radius 3 is 2.43 bits per heavy atom. The van der Waals surface area contributed by atoms with Crippen LogP contribution in [-0.2, 0) is 14.8 Å². The number of hydrogen-bond acceptors (Lipinski definition) is 7. The molecule has 3 rings (SSSR count). The number of ether oxygens (including phenoxy) is 2. The first-order valence-corrected chi connectivity index (χ1v) is 10.6. The maximum Gasteiger partial charge on any atom is 0.240 e. The van der Waals surface area contributed by atoms with Crippen LogP contribution in [0.25, 0.3) is 10.2 Å². The number of amides is 1. The van der Waals surface area contributed by atoms with Gasteiger partial charge in [-0.25, -0.2) is 18.1 Å². The number of anilines is 1. The zero-order valence-corrected chi connectivity index (χ0v) is 16.9. The van der Waals surface area contributed by atoms with Gasteiger partial charge in [0.15, 0.2) is 5.13 Å². The molecule has 0 radical (unpaired) electrons. The monoisotopic (exact) mass is 421 g/mol. The Morgan fingerprint density at radius 2 is 1.75 bits per heavy atom. The second kappa shape index (κ2) is 8.55. The molecule has 0 unspecified atom stereocenters. The molecule has 0 spiro atoms. The van der Waals surface area contributed by atoms with Gasteiger partial charge in [0.05, 0.1) is 29.3 Å². The van der Waals surface area contributed by atoms with E-state index >= 15 is 0 Å². The molecule has 0 saturated heterocycles. The Bertz CT molecular complexity index is 1080. The minimum atomic E-state index is -3.69. The Morgan fingerprint density at radius 1 is 1.07 bits per heavy atom. The van der Waals surface area contributed by atoms with Gasteiger partial charge in [0.25, 0.3) is 0 Å². The van der Waals surface area contributed by atoms with Crippen molar-refractivity contribution in [2.24, 2.45) is 0 Å². The van der Waals surface area contributed by atoms with Crippen LogP contribution in [0.2, 0.25) is 0 Å². The van der Waals surface area contributed by atoms with E-state index in [0.29, 0.717) is 16.6 Å². The lowest BCUT2D eigenvalue weighted by Gasteiger charge is -2.07. The number of rotatable bonds is 8. The van der Waals surface area contributed by atoms with Gasteiger partial charge in [0.1, 0.15) is 11.5 Å². The van der Waals surface area contributed by atoms with Gasteiger partial charge in [0.2, 0.25) is 15.9 Å². The van der Waals surface area contributed by atoms with Crippen molar-refractivity contribution in [2.45, 2.75) is 11.3 Å². The molecule has 148 valence electrons. The lowest BCUT2D eigenvalue weighted by molar-refractivity contribution is -0.116. The average molecular weight is 422 g/mol. The fourth-order valence-corrected chi connectivity index (χ4v) is 4.35. The number of carbonyl (C=O) groups is 1. The normalized spacial score (nSPS) is 11.4. The third kappa shape index (κ3) is 4.77. The SMILES string of the molecule is COc1ccc(S(=O)(=O)NCCC(=O)Nc2nc3ccc(OC)cc3s2)cc1. The maximum absolute atomic E-state index is 12.2. The molecule has 3 aromatic rings. The standard InChI is InChI=1S/C18H19N3O5S2/c1-25-12-3-6-14(7-4-12)28(23,24)19-10-9-17(22)21-18-20-15-8-5-13(26-2)11-16(15)27-18/h3-8,11,19H,9-10H2,1-2H3,(H,20,21,22). The first kappa shape index (κ1) is 20.1. The van der Waals surface area contributed by atoms with Gasteiger partial charge in [-0.05, 0) is 42.5 Å². The molecular formula is C18H19N3O5S2. The lowest BCUT2D eigenvalue weighted by Crippen LogP contribution is -2.27. The number of hydrogen-bond donors (Lipinski definition) is 2. The smallest absolute Gasteiger partial charge is 0.240 e. The van der Waals surface area contributed by atoms with Crippen molar-refractivity contribution in [2.75, 3.05) is 26.1 Å². The summed E-state index contributed by atoms with van der Waals surface area (Å²) >= 11 is 1.32. The van der Waals surface area contributed by atoms with E-state index in [1.807, 2.05) is 12.1 Å². The van der Waals surface area contributed by atoms with Gasteiger partial charge in [-0.1, -0.05) is 11.3 Å². The van der Waals surface area contributed by atoms with E-state index in [1.54, 1.807) is 25.3 Å². The van der Waals surface area contributed by atoms with Gasteiger partial charge < -0.3 is 14.8 Å². The number of thiazole rings is 1. The van der Waals surface area contributed by atoms with Crippen molar-refractivity contribution in [3.8, 4) is 11.5 Å². The summed E-state index contributed by atoms with van der Waals surface area (Å²) in [5.74, 6) is 0.942. The van der Waals surface area contributed by atoms with Crippen molar-refractivity contribution in [1.82, 2.24) is 9.71 Å². The van der Waals surface area contributed by atoms with Crippen LogP contribution in [0.3, 0.4) is 0 Å². The van der Waals surface area contributed by atoms with Gasteiger partial charge in [0, 0.05) is 13.0 Å². The Kier molecular flexibility index (Phi) is 6.12. The van der Waals surface area contributed by atoms with Crippen LogP contribution in [0.1, 0.15) is 6.42 Å². The van der Waals surface area contributed by atoms with E-state index in [-0.39, 0.29) is 23.8 Å². The summed E-state index contributed by atoms with van der Waals surface area (Å²) in [5, 5.41) is 3.14. The zero-order chi connectivity index (χ0) is 20.1. The number of benzene rings is 2. The van der Waals surface area contributed by atoms with Crippen LogP contribution in [0.15, 0.2) is 47.4 Å². The third-order valence-corrected chi connectivity index (χ3v) is 6.27. The summed E-state index contributed by atoms with van der Waals surface area (Å²) < 4.78 is 38.0. The van der Waals surface area contributed by atoms with Crippen LogP contribution >= 0.6 is 11.3 Å². The summed E-state index contributed by atoms with van der Waals surface area (Å²) in [6, 6.07) is 11.4. The fourth-order valence-electron chi connectivity index (χ4n) is 2.40. The average Bonchev–Trinajstić information content (AvgIpc) is 3.08. The predicted octanol–water partition coefficient (Wildman–Crippen LogP) is 2.62. The number of fused-ring (bicyclic) bond motifs is 1. The minimum Gasteiger partial charge on any atom is -0.497 e.